The van der Waals surface area contributed by atoms with Crippen molar-refractivity contribution in [3.63, 3.8) is 0 Å². The molecule has 2 aromatic carbocycles. The minimum Gasteiger partial charge on any atom is -0.497 e. The predicted octanol–water partition coefficient (Wildman–Crippen LogP) is 6.75. The highest BCUT2D eigenvalue weighted by atomic mass is 28.5. The van der Waals surface area contributed by atoms with Crippen molar-refractivity contribution < 1.29 is 41.6 Å². The number of ketones is 1. The molecule has 0 N–H and O–H groups in total. The molecule has 2 fully saturated rings. The molecule has 0 unspecified atom stereocenters. The van der Waals surface area contributed by atoms with Crippen LogP contribution in [0.25, 0.3) is 11.2 Å². The molecule has 6 rings (SSSR count). The van der Waals surface area contributed by atoms with Gasteiger partial charge in [0, 0.05) is 11.1 Å². The molecule has 288 valence electrons. The Bertz CT molecular complexity index is 1930. The minimum atomic E-state index is -3.11. The number of methoxy groups -OCH3 is 2. The maximum Gasteiger partial charge on any atom is 0.335 e. The summed E-state index contributed by atoms with van der Waals surface area (Å²) < 4.78 is 39.6. The van der Waals surface area contributed by atoms with E-state index in [-0.39, 0.29) is 62.7 Å². The molecular formula is C38H49N5O9Si2. The lowest BCUT2D eigenvalue weighted by Gasteiger charge is -2.50. The summed E-state index contributed by atoms with van der Waals surface area (Å²) in [5.74, 6) is -0.622. The van der Waals surface area contributed by atoms with E-state index in [2.05, 4.69) is 70.3 Å². The average Bonchev–Trinajstić information content (AvgIpc) is 3.71. The monoisotopic (exact) mass is 775 g/mol. The molecular weight excluding hydrogens is 727 g/mol. The summed E-state index contributed by atoms with van der Waals surface area (Å²) in [5, 5.41) is 0. The second kappa shape index (κ2) is 15.4. The number of rotatable bonds is 10. The number of amides is 2. The number of fused-ring (bicyclic) bond motifs is 2. The molecule has 2 aliphatic rings. The number of imidazole rings is 1. The van der Waals surface area contributed by atoms with Crippen molar-refractivity contribution in [1.29, 1.82) is 0 Å². The number of aromatic nitrogens is 4. The van der Waals surface area contributed by atoms with Crippen molar-refractivity contribution in [2.45, 2.75) is 96.0 Å². The van der Waals surface area contributed by atoms with Crippen molar-refractivity contribution in [3.05, 3.63) is 72.3 Å². The summed E-state index contributed by atoms with van der Waals surface area (Å²) in [6.07, 6.45) is -0.225. The summed E-state index contributed by atoms with van der Waals surface area (Å²) in [6.45, 7) is 17.0. The van der Waals surface area contributed by atoms with E-state index in [0.717, 1.165) is 4.90 Å². The van der Waals surface area contributed by atoms with Gasteiger partial charge in [0.15, 0.2) is 23.2 Å². The Balaban J connectivity index is 1.42. The molecule has 2 saturated heterocycles. The molecule has 0 aliphatic carbocycles. The summed E-state index contributed by atoms with van der Waals surface area (Å²) >= 11 is 0. The Hall–Kier alpha value is -4.33. The van der Waals surface area contributed by atoms with E-state index in [1.54, 1.807) is 48.5 Å². The maximum absolute atomic E-state index is 14.5. The first-order chi connectivity index (χ1) is 25.7. The highest BCUT2D eigenvalue weighted by Gasteiger charge is 2.62. The van der Waals surface area contributed by atoms with E-state index >= 15 is 0 Å². The highest BCUT2D eigenvalue weighted by molar-refractivity contribution is 6.84. The zero-order valence-electron chi connectivity index (χ0n) is 32.4. The van der Waals surface area contributed by atoms with Crippen LogP contribution in [-0.2, 0) is 22.5 Å². The number of benzene rings is 2. The van der Waals surface area contributed by atoms with E-state index in [4.69, 9.17) is 27.2 Å². The van der Waals surface area contributed by atoms with Crippen LogP contribution in [0.1, 0.15) is 82.3 Å². The van der Waals surface area contributed by atoms with Crippen molar-refractivity contribution >= 4 is 51.7 Å². The van der Waals surface area contributed by atoms with Gasteiger partial charge in [-0.2, -0.15) is 0 Å². The molecule has 0 saturated carbocycles. The van der Waals surface area contributed by atoms with Gasteiger partial charge in [0.25, 0.3) is 11.8 Å². The number of carbonyl (C=O) groups is 3. The Kier molecular flexibility index (Phi) is 11.2. The van der Waals surface area contributed by atoms with Crippen LogP contribution in [-0.4, -0.2) is 87.3 Å². The summed E-state index contributed by atoms with van der Waals surface area (Å²) in [5.41, 5.74) is 0.971. The largest absolute Gasteiger partial charge is 0.497 e. The molecule has 16 heteroatoms. The summed E-state index contributed by atoms with van der Waals surface area (Å²) in [6, 6.07) is 12.7. The fourth-order valence-corrected chi connectivity index (χ4v) is 18.6. The molecule has 4 aromatic rings. The van der Waals surface area contributed by atoms with E-state index in [0.29, 0.717) is 11.5 Å². The molecule has 0 spiro atoms. The fourth-order valence-electron chi connectivity index (χ4n) is 7.40. The van der Waals surface area contributed by atoms with E-state index in [9.17, 15) is 14.4 Å². The first-order valence-electron chi connectivity index (χ1n) is 18.2. The average molecular weight is 776 g/mol. The van der Waals surface area contributed by atoms with Gasteiger partial charge >= 0.3 is 17.1 Å². The predicted molar refractivity (Wildman–Crippen MR) is 205 cm³/mol. The zero-order valence-corrected chi connectivity index (χ0v) is 34.4. The molecule has 14 nitrogen and oxygen atoms in total. The van der Waals surface area contributed by atoms with E-state index < -0.39 is 47.4 Å². The molecule has 2 aliphatic heterocycles. The van der Waals surface area contributed by atoms with Gasteiger partial charge in [-0.25, -0.2) is 19.9 Å². The first kappa shape index (κ1) is 39.4. The highest BCUT2D eigenvalue weighted by Crippen LogP contribution is 2.48. The number of imide groups is 1. The van der Waals surface area contributed by atoms with Crippen molar-refractivity contribution in [3.8, 4) is 11.5 Å². The van der Waals surface area contributed by atoms with Gasteiger partial charge in [-0.1, -0.05) is 55.4 Å². The third kappa shape index (κ3) is 6.79. The topological polar surface area (TPSA) is 153 Å². The third-order valence-electron chi connectivity index (χ3n) is 10.4. The zero-order chi connectivity index (χ0) is 39.1. The molecule has 3 atom stereocenters. The third-order valence-corrected chi connectivity index (χ3v) is 20.6. The minimum absolute atomic E-state index is 0.0120. The lowest BCUT2D eigenvalue weighted by molar-refractivity contribution is -0.130. The Labute approximate surface area is 317 Å². The van der Waals surface area contributed by atoms with Crippen LogP contribution in [0, 0.1) is 0 Å². The number of carbonyl (C=O) groups excluding carboxylic acids is 3. The van der Waals surface area contributed by atoms with Gasteiger partial charge in [0.1, 0.15) is 30.0 Å². The van der Waals surface area contributed by atoms with Crippen LogP contribution in [0.5, 0.6) is 11.5 Å². The number of hydrogen-bond acceptors (Lipinski definition) is 12. The van der Waals surface area contributed by atoms with Crippen LogP contribution < -0.4 is 14.4 Å². The van der Waals surface area contributed by atoms with Gasteiger partial charge in [-0.3, -0.25) is 19.0 Å². The van der Waals surface area contributed by atoms with Gasteiger partial charge in [-0.15, -0.1) is 0 Å². The molecule has 0 radical (unpaired) electrons. The van der Waals surface area contributed by atoms with Crippen molar-refractivity contribution in [2.75, 3.05) is 25.7 Å². The molecule has 0 bridgehead atoms. The standard InChI is InChI=1S/C38H49N5O9Si2/c1-22(2)53(23(3)4)49-19-30-33(51-54(52-53,24(5)6)25(7)8)32(44)38(50-30)42-21-41-31-34(42)39-20-40-35(31)43(36(45)26-11-15-28(47-9)16-12-26)37(46)27-13-17-29(48-10)18-14-27/h11-18,20-25,30,33,38H,19H2,1-10H3/t30-,33-,38-/m1/s1. The second-order valence-electron chi connectivity index (χ2n) is 14.9. The summed E-state index contributed by atoms with van der Waals surface area (Å²) in [7, 11) is -2.95. The van der Waals surface area contributed by atoms with Gasteiger partial charge in [0.05, 0.1) is 27.2 Å². The number of Topliss-reactive ketones (excluding diaryl/α,β-unsaturated/α-hetero) is 1. The van der Waals surface area contributed by atoms with Gasteiger partial charge in [0.2, 0.25) is 5.78 Å². The van der Waals surface area contributed by atoms with Gasteiger partial charge in [-0.05, 0) is 70.7 Å². The van der Waals surface area contributed by atoms with Crippen LogP contribution >= 0.6 is 0 Å². The second-order valence-corrected chi connectivity index (χ2v) is 23.7. The van der Waals surface area contributed by atoms with Gasteiger partial charge < -0.3 is 27.2 Å². The van der Waals surface area contributed by atoms with Crippen LogP contribution in [0.4, 0.5) is 5.82 Å². The lowest BCUT2D eigenvalue weighted by atomic mass is 10.1. The fraction of sp³-hybridized carbons (Fsp3) is 0.474. The molecule has 2 aromatic heterocycles. The van der Waals surface area contributed by atoms with Crippen LogP contribution in [0.2, 0.25) is 22.2 Å². The van der Waals surface area contributed by atoms with E-state index in [1.807, 2.05) is 0 Å². The molecule has 4 heterocycles. The normalized spacial score (nSPS) is 21.0. The lowest BCUT2D eigenvalue weighted by Crippen LogP contribution is -2.65. The maximum atomic E-state index is 14.5. The van der Waals surface area contributed by atoms with Crippen LogP contribution in [0.15, 0.2) is 61.2 Å². The van der Waals surface area contributed by atoms with Crippen molar-refractivity contribution in [1.82, 2.24) is 19.5 Å². The Morgan fingerprint density at radius 1 is 0.778 bits per heavy atom. The number of hydrogen-bond donors (Lipinski definition) is 0. The Morgan fingerprint density at radius 3 is 1.78 bits per heavy atom. The molecule has 54 heavy (non-hydrogen) atoms. The van der Waals surface area contributed by atoms with Crippen molar-refractivity contribution in [2.24, 2.45) is 0 Å². The quantitative estimate of drug-likeness (QED) is 0.124. The SMILES string of the molecule is COc1ccc(C(=O)N(C(=O)c2ccc(OC)cc2)c2ncnc3c2ncn3[C@@H]2O[C@@H]3CO[Si](C(C)C)(C(C)C)O[Si](C(C)C)(C(C)C)O[C@H]3C2=O)cc1. The smallest absolute Gasteiger partial charge is 0.335 e. The number of anilines is 1. The Morgan fingerprint density at radius 2 is 1.30 bits per heavy atom. The number of ether oxygens (including phenoxy) is 3. The molecule has 2 amide bonds. The first-order valence-corrected chi connectivity index (χ1v) is 22.2. The van der Waals surface area contributed by atoms with E-state index in [1.165, 1.54) is 31.4 Å². The number of nitrogens with zero attached hydrogens (tertiary/aromatic N) is 5. The van der Waals surface area contributed by atoms with Crippen LogP contribution in [0.3, 0.4) is 0 Å². The summed E-state index contributed by atoms with van der Waals surface area (Å²) in [4.78, 5) is 57.3.